The smallest absolute Gasteiger partial charge is 0.137 e. The van der Waals surface area contributed by atoms with Crippen LogP contribution in [-0.4, -0.2) is 26.5 Å². The number of hydrogen-bond acceptors (Lipinski definition) is 3. The third-order valence-corrected chi connectivity index (χ3v) is 4.23. The van der Waals surface area contributed by atoms with Crippen LogP contribution in [0.1, 0.15) is 34.8 Å². The Morgan fingerprint density at radius 1 is 1.30 bits per heavy atom. The van der Waals surface area contributed by atoms with Crippen LogP contribution in [0.2, 0.25) is 0 Å². The zero-order valence-corrected chi connectivity index (χ0v) is 12.1. The molecule has 0 aliphatic carbocycles. The molecule has 2 heterocycles. The topological polar surface area (TPSA) is 50.9 Å². The van der Waals surface area contributed by atoms with Gasteiger partial charge < -0.3 is 9.67 Å². The van der Waals surface area contributed by atoms with Crippen molar-refractivity contribution in [1.82, 2.24) is 14.8 Å². The Morgan fingerprint density at radius 2 is 2.15 bits per heavy atom. The first kappa shape index (κ1) is 13.3. The van der Waals surface area contributed by atoms with E-state index in [1.807, 2.05) is 0 Å². The summed E-state index contributed by atoms with van der Waals surface area (Å²) in [6.45, 7) is 5.35. The average molecular weight is 271 g/mol. The SMILES string of the molecule is Cc1ccc(C)c(Cc2nnc3n2CC(CO)CC3)c1. The van der Waals surface area contributed by atoms with Crippen LogP contribution in [0.15, 0.2) is 18.2 Å². The van der Waals surface area contributed by atoms with Crippen molar-refractivity contribution in [2.45, 2.75) is 39.7 Å². The van der Waals surface area contributed by atoms with Gasteiger partial charge in [-0.25, -0.2) is 0 Å². The van der Waals surface area contributed by atoms with Crippen molar-refractivity contribution in [3.63, 3.8) is 0 Å². The van der Waals surface area contributed by atoms with Gasteiger partial charge in [-0.1, -0.05) is 23.8 Å². The summed E-state index contributed by atoms with van der Waals surface area (Å²) in [6, 6.07) is 6.53. The monoisotopic (exact) mass is 271 g/mol. The molecule has 3 rings (SSSR count). The van der Waals surface area contributed by atoms with E-state index in [0.717, 1.165) is 37.5 Å². The van der Waals surface area contributed by atoms with Gasteiger partial charge in [-0.2, -0.15) is 0 Å². The van der Waals surface area contributed by atoms with E-state index in [1.54, 1.807) is 0 Å². The van der Waals surface area contributed by atoms with Gasteiger partial charge in [0.1, 0.15) is 11.6 Å². The third-order valence-electron chi connectivity index (χ3n) is 4.23. The molecule has 1 atom stereocenters. The second-order valence-electron chi connectivity index (χ2n) is 5.84. The van der Waals surface area contributed by atoms with Crippen molar-refractivity contribution >= 4 is 0 Å². The molecule has 0 bridgehead atoms. The molecule has 4 heteroatoms. The quantitative estimate of drug-likeness (QED) is 0.929. The maximum atomic E-state index is 9.36. The molecule has 0 saturated heterocycles. The minimum absolute atomic E-state index is 0.251. The molecule has 1 N–H and O–H groups in total. The normalized spacial score (nSPS) is 18.1. The fourth-order valence-corrected chi connectivity index (χ4v) is 2.89. The summed E-state index contributed by atoms with van der Waals surface area (Å²) in [4.78, 5) is 0. The second-order valence-corrected chi connectivity index (χ2v) is 5.84. The number of benzene rings is 1. The van der Waals surface area contributed by atoms with E-state index in [4.69, 9.17) is 0 Å². The number of hydrogen-bond donors (Lipinski definition) is 1. The van der Waals surface area contributed by atoms with Gasteiger partial charge in [0.2, 0.25) is 0 Å². The molecule has 4 nitrogen and oxygen atoms in total. The number of aryl methyl sites for hydroxylation is 3. The summed E-state index contributed by atoms with van der Waals surface area (Å²) >= 11 is 0. The lowest BCUT2D eigenvalue weighted by atomic mass is 9.99. The average Bonchev–Trinajstić information content (AvgIpc) is 2.85. The van der Waals surface area contributed by atoms with E-state index in [2.05, 4.69) is 46.8 Å². The lowest BCUT2D eigenvalue weighted by Crippen LogP contribution is -2.24. The maximum absolute atomic E-state index is 9.36. The Labute approximate surface area is 119 Å². The number of fused-ring (bicyclic) bond motifs is 1. The van der Waals surface area contributed by atoms with Crippen molar-refractivity contribution in [3.8, 4) is 0 Å². The summed E-state index contributed by atoms with van der Waals surface area (Å²) in [6.07, 6.45) is 2.75. The molecule has 0 saturated carbocycles. The highest BCUT2D eigenvalue weighted by Crippen LogP contribution is 2.22. The van der Waals surface area contributed by atoms with Crippen LogP contribution < -0.4 is 0 Å². The maximum Gasteiger partial charge on any atom is 0.137 e. The Morgan fingerprint density at radius 3 is 2.95 bits per heavy atom. The van der Waals surface area contributed by atoms with Gasteiger partial charge in [0, 0.05) is 31.9 Å². The van der Waals surface area contributed by atoms with Crippen LogP contribution in [-0.2, 0) is 19.4 Å². The standard InChI is InChI=1S/C16H21N3O/c1-11-3-4-12(2)14(7-11)8-16-18-17-15-6-5-13(10-20)9-19(15)16/h3-4,7,13,20H,5-6,8-10H2,1-2H3. The van der Waals surface area contributed by atoms with Gasteiger partial charge in [-0.15, -0.1) is 10.2 Å². The molecule has 1 unspecified atom stereocenters. The van der Waals surface area contributed by atoms with E-state index >= 15 is 0 Å². The number of aliphatic hydroxyl groups excluding tert-OH is 1. The highest BCUT2D eigenvalue weighted by atomic mass is 16.3. The highest BCUT2D eigenvalue weighted by molar-refractivity contribution is 5.32. The molecule has 0 radical (unpaired) electrons. The van der Waals surface area contributed by atoms with Gasteiger partial charge in [0.25, 0.3) is 0 Å². The molecule has 1 aliphatic rings. The van der Waals surface area contributed by atoms with E-state index in [9.17, 15) is 5.11 Å². The Balaban J connectivity index is 1.89. The van der Waals surface area contributed by atoms with Gasteiger partial charge >= 0.3 is 0 Å². The van der Waals surface area contributed by atoms with Gasteiger partial charge in [-0.3, -0.25) is 0 Å². The molecule has 0 amide bonds. The molecule has 0 fully saturated rings. The number of aromatic nitrogens is 3. The lowest BCUT2D eigenvalue weighted by molar-refractivity contribution is 0.189. The summed E-state index contributed by atoms with van der Waals surface area (Å²) in [5, 5.41) is 18.0. The summed E-state index contributed by atoms with van der Waals surface area (Å²) in [5.41, 5.74) is 3.88. The summed E-state index contributed by atoms with van der Waals surface area (Å²) < 4.78 is 2.20. The predicted octanol–water partition coefficient (Wildman–Crippen LogP) is 2.04. The van der Waals surface area contributed by atoms with E-state index in [0.29, 0.717) is 5.92 Å². The zero-order chi connectivity index (χ0) is 14.1. The molecule has 20 heavy (non-hydrogen) atoms. The van der Waals surface area contributed by atoms with Crippen LogP contribution in [0.4, 0.5) is 0 Å². The Bertz CT molecular complexity index is 618. The molecule has 1 aromatic heterocycles. The molecule has 2 aromatic rings. The highest BCUT2D eigenvalue weighted by Gasteiger charge is 2.22. The fraction of sp³-hybridized carbons (Fsp3) is 0.500. The Hall–Kier alpha value is -1.68. The van der Waals surface area contributed by atoms with Crippen molar-refractivity contribution < 1.29 is 5.11 Å². The minimum Gasteiger partial charge on any atom is -0.396 e. The van der Waals surface area contributed by atoms with Crippen molar-refractivity contribution in [2.75, 3.05) is 6.61 Å². The van der Waals surface area contributed by atoms with Crippen molar-refractivity contribution in [3.05, 3.63) is 46.5 Å². The Kier molecular flexibility index (Phi) is 3.57. The lowest BCUT2D eigenvalue weighted by Gasteiger charge is -2.22. The van der Waals surface area contributed by atoms with Crippen LogP contribution in [0, 0.1) is 19.8 Å². The van der Waals surface area contributed by atoms with Gasteiger partial charge in [-0.05, 0) is 31.4 Å². The van der Waals surface area contributed by atoms with Gasteiger partial charge in [0.15, 0.2) is 0 Å². The minimum atomic E-state index is 0.251. The molecule has 1 aromatic carbocycles. The molecule has 0 spiro atoms. The summed E-state index contributed by atoms with van der Waals surface area (Å²) in [7, 11) is 0. The first-order valence-corrected chi connectivity index (χ1v) is 7.25. The van der Waals surface area contributed by atoms with Crippen LogP contribution in [0.25, 0.3) is 0 Å². The molecule has 1 aliphatic heterocycles. The molecular formula is C16H21N3O. The molecular weight excluding hydrogens is 250 g/mol. The number of rotatable bonds is 3. The second kappa shape index (κ2) is 5.37. The predicted molar refractivity (Wildman–Crippen MR) is 77.6 cm³/mol. The fourth-order valence-electron chi connectivity index (χ4n) is 2.89. The number of nitrogens with zero attached hydrogens (tertiary/aromatic N) is 3. The largest absolute Gasteiger partial charge is 0.396 e. The first-order valence-electron chi connectivity index (χ1n) is 7.25. The van der Waals surface area contributed by atoms with Crippen molar-refractivity contribution in [1.29, 1.82) is 0 Å². The van der Waals surface area contributed by atoms with E-state index < -0.39 is 0 Å². The first-order chi connectivity index (χ1) is 9.67. The van der Waals surface area contributed by atoms with Crippen molar-refractivity contribution in [2.24, 2.45) is 5.92 Å². The van der Waals surface area contributed by atoms with Crippen LogP contribution >= 0.6 is 0 Å². The zero-order valence-electron chi connectivity index (χ0n) is 12.1. The van der Waals surface area contributed by atoms with E-state index in [1.165, 1.54) is 16.7 Å². The van der Waals surface area contributed by atoms with Crippen LogP contribution in [0.3, 0.4) is 0 Å². The van der Waals surface area contributed by atoms with Crippen LogP contribution in [0.5, 0.6) is 0 Å². The van der Waals surface area contributed by atoms with E-state index in [-0.39, 0.29) is 6.61 Å². The molecule has 106 valence electrons. The summed E-state index contributed by atoms with van der Waals surface area (Å²) in [5.74, 6) is 2.43. The van der Waals surface area contributed by atoms with Gasteiger partial charge in [0.05, 0.1) is 0 Å². The number of aliphatic hydroxyl groups is 1. The third kappa shape index (κ3) is 2.48.